The molecule has 0 aliphatic carbocycles. The first-order valence-electron chi connectivity index (χ1n) is 13.3. The molecule has 3 atom stereocenters. The average Bonchev–Trinajstić information content (AvgIpc) is 3.43. The number of aromatic hydroxyl groups is 1. The number of hydrogen-bond donors (Lipinski definition) is 2. The number of phenols is 1. The molecule has 2 N–H and O–H groups in total. The van der Waals surface area contributed by atoms with E-state index in [9.17, 15) is 50.6 Å². The first-order chi connectivity index (χ1) is 21.6. The maximum absolute atomic E-state index is 13.9. The second-order valence-corrected chi connectivity index (χ2v) is 12.6. The van der Waals surface area contributed by atoms with Gasteiger partial charge in [-0.05, 0) is 54.1 Å². The van der Waals surface area contributed by atoms with Crippen molar-refractivity contribution >= 4 is 52.2 Å². The second kappa shape index (κ2) is 11.3. The molecule has 8 nitrogen and oxygen atoms in total. The molecule has 6 rings (SSSR count). The highest BCUT2D eigenvalue weighted by atomic mass is 32.2. The van der Waals surface area contributed by atoms with Crippen molar-refractivity contribution in [1.82, 2.24) is 4.57 Å². The van der Waals surface area contributed by atoms with Crippen LogP contribution in [0.3, 0.4) is 0 Å². The number of alkyl halides is 6. The number of aromatic nitrogens is 1. The van der Waals surface area contributed by atoms with Crippen LogP contribution in [0, 0.1) is 5.92 Å². The summed E-state index contributed by atoms with van der Waals surface area (Å²) in [6.45, 7) is -0.646. The number of fused-ring (bicyclic) bond motifs is 2. The third kappa shape index (κ3) is 5.66. The zero-order chi connectivity index (χ0) is 33.1. The lowest BCUT2D eigenvalue weighted by Crippen LogP contribution is -2.33. The summed E-state index contributed by atoms with van der Waals surface area (Å²) in [4.78, 5) is 54.2. The number of halogens is 6. The van der Waals surface area contributed by atoms with Crippen LogP contribution in [0.15, 0.2) is 82.6 Å². The molecule has 0 bridgehead atoms. The Kier molecular flexibility index (Phi) is 7.75. The van der Waals surface area contributed by atoms with Crippen LogP contribution in [0.4, 0.5) is 37.7 Å². The molecule has 238 valence electrons. The number of imide groups is 1. The number of anilines is 2. The van der Waals surface area contributed by atoms with E-state index in [-0.39, 0.29) is 22.2 Å². The molecule has 0 spiro atoms. The van der Waals surface area contributed by atoms with Crippen LogP contribution < -0.4 is 15.1 Å². The summed E-state index contributed by atoms with van der Waals surface area (Å²) in [7, 11) is 0. The number of phenolic OH excluding ortho intramolecular Hbond substituents is 1. The van der Waals surface area contributed by atoms with Gasteiger partial charge in [-0.15, -0.1) is 0 Å². The van der Waals surface area contributed by atoms with Crippen molar-refractivity contribution in [3.8, 4) is 5.75 Å². The molecule has 4 aromatic rings. The van der Waals surface area contributed by atoms with Crippen LogP contribution in [0.2, 0.25) is 0 Å². The number of nitrogens with zero attached hydrogens (tertiary/aromatic N) is 2. The summed E-state index contributed by atoms with van der Waals surface area (Å²) < 4.78 is 80.9. The van der Waals surface area contributed by atoms with Gasteiger partial charge in [0.1, 0.15) is 17.5 Å². The number of carbonyl (C=O) groups is 3. The van der Waals surface area contributed by atoms with Crippen molar-refractivity contribution in [2.45, 2.75) is 35.1 Å². The van der Waals surface area contributed by atoms with Gasteiger partial charge in [-0.2, -0.15) is 26.3 Å². The van der Waals surface area contributed by atoms with Gasteiger partial charge in [-0.3, -0.25) is 23.7 Å². The predicted molar refractivity (Wildman–Crippen MR) is 156 cm³/mol. The molecule has 0 radical (unpaired) electrons. The molecule has 1 saturated heterocycles. The largest absolute Gasteiger partial charge is 0.508 e. The zero-order valence-electron chi connectivity index (χ0n) is 22.9. The minimum absolute atomic E-state index is 0.109. The highest BCUT2D eigenvalue weighted by molar-refractivity contribution is 8.00. The Morgan fingerprint density at radius 1 is 0.848 bits per heavy atom. The summed E-state index contributed by atoms with van der Waals surface area (Å²) in [5, 5.41) is 11.1. The van der Waals surface area contributed by atoms with E-state index in [1.165, 1.54) is 36.4 Å². The minimum Gasteiger partial charge on any atom is -0.508 e. The van der Waals surface area contributed by atoms with E-state index in [0.717, 1.165) is 46.7 Å². The molecule has 3 aromatic carbocycles. The molecule has 1 aromatic heterocycles. The van der Waals surface area contributed by atoms with E-state index in [4.69, 9.17) is 0 Å². The van der Waals surface area contributed by atoms with Gasteiger partial charge in [0.25, 0.3) is 0 Å². The maximum Gasteiger partial charge on any atom is 0.416 e. The highest BCUT2D eigenvalue weighted by Crippen LogP contribution is 2.54. The zero-order valence-corrected chi connectivity index (χ0v) is 24.6. The van der Waals surface area contributed by atoms with E-state index >= 15 is 0 Å². The SMILES string of the molecule is O=C(Cn1c2c(sc1=O)C(c1ccc(O)cc1)C1C(=O)N(c3cccc(C(F)(F)F)c3)C(=O)C1S2)Nc1cccc(C(F)(F)F)c1. The summed E-state index contributed by atoms with van der Waals surface area (Å²) in [6, 6.07) is 13.3. The molecule has 46 heavy (non-hydrogen) atoms. The number of benzene rings is 3. The van der Waals surface area contributed by atoms with E-state index in [0.29, 0.717) is 32.7 Å². The van der Waals surface area contributed by atoms with Gasteiger partial charge >= 0.3 is 17.2 Å². The van der Waals surface area contributed by atoms with Crippen molar-refractivity contribution in [1.29, 1.82) is 0 Å². The van der Waals surface area contributed by atoms with E-state index in [2.05, 4.69) is 5.32 Å². The predicted octanol–water partition coefficient (Wildman–Crippen LogP) is 6.09. The molecule has 3 heterocycles. The van der Waals surface area contributed by atoms with Gasteiger partial charge < -0.3 is 10.4 Å². The second-order valence-electron chi connectivity index (χ2n) is 10.4. The van der Waals surface area contributed by atoms with Crippen molar-refractivity contribution in [3.05, 3.63) is 104 Å². The number of thioether (sulfide) groups is 1. The Hall–Kier alpha value is -4.57. The molecule has 2 aliphatic rings. The van der Waals surface area contributed by atoms with E-state index in [1.807, 2.05) is 0 Å². The number of carbonyl (C=O) groups excluding carboxylic acids is 3. The Morgan fingerprint density at radius 2 is 1.48 bits per heavy atom. The van der Waals surface area contributed by atoms with Crippen LogP contribution in [0.5, 0.6) is 5.75 Å². The number of thiazole rings is 1. The van der Waals surface area contributed by atoms with Crippen molar-refractivity contribution in [2.75, 3.05) is 10.2 Å². The van der Waals surface area contributed by atoms with Gasteiger partial charge in [-0.25, -0.2) is 4.90 Å². The van der Waals surface area contributed by atoms with Crippen LogP contribution >= 0.6 is 23.1 Å². The smallest absolute Gasteiger partial charge is 0.416 e. The molecule has 3 amide bonds. The highest BCUT2D eigenvalue weighted by Gasteiger charge is 2.57. The van der Waals surface area contributed by atoms with Crippen molar-refractivity contribution < 1.29 is 45.8 Å². The fourth-order valence-corrected chi connectivity index (χ4v) is 8.26. The average molecular weight is 680 g/mol. The summed E-state index contributed by atoms with van der Waals surface area (Å²) in [6.07, 6.45) is -9.40. The molecule has 2 aliphatic heterocycles. The molecule has 16 heteroatoms. The summed E-state index contributed by atoms with van der Waals surface area (Å²) in [5.74, 6) is -4.69. The number of rotatable bonds is 5. The Balaban J connectivity index is 1.38. The number of nitrogens with one attached hydrogen (secondary N) is 1. The molecular formula is C30H19F6N3O5S2. The first kappa shape index (κ1) is 31.4. The standard InChI is InChI=1S/C30H19F6N3O5S2/c31-29(32,33)15-3-1-5-17(11-15)37-20(41)13-38-27-24(46-28(38)44)21(14-7-9-19(40)10-8-14)22-23(45-27)26(43)39(25(22)42)18-6-2-4-16(12-18)30(34,35)36/h1-12,21-23,40H,13H2,(H,37,41). The quantitative estimate of drug-likeness (QED) is 0.195. The van der Waals surface area contributed by atoms with Crippen LogP contribution in [0.1, 0.15) is 27.5 Å². The van der Waals surface area contributed by atoms with Gasteiger partial charge in [0.05, 0.1) is 27.8 Å². The molecule has 0 saturated carbocycles. The van der Waals surface area contributed by atoms with Crippen LogP contribution in [-0.2, 0) is 33.3 Å². The monoisotopic (exact) mass is 679 g/mol. The number of amides is 3. The normalized spacial score (nSPS) is 19.6. The van der Waals surface area contributed by atoms with Crippen molar-refractivity contribution in [2.24, 2.45) is 5.92 Å². The number of hydrogen-bond acceptors (Lipinski definition) is 7. The lowest BCUT2D eigenvalue weighted by molar-refractivity contribution is -0.138. The van der Waals surface area contributed by atoms with Gasteiger partial charge in [0.2, 0.25) is 17.7 Å². The van der Waals surface area contributed by atoms with Crippen molar-refractivity contribution in [3.63, 3.8) is 0 Å². The lowest BCUT2D eigenvalue weighted by atomic mass is 9.83. The lowest BCUT2D eigenvalue weighted by Gasteiger charge is -2.30. The fourth-order valence-electron chi connectivity index (χ4n) is 5.49. The minimum atomic E-state index is -4.74. The first-order valence-corrected chi connectivity index (χ1v) is 15.0. The summed E-state index contributed by atoms with van der Waals surface area (Å²) >= 11 is 1.51. The van der Waals surface area contributed by atoms with Crippen LogP contribution in [0.25, 0.3) is 0 Å². The van der Waals surface area contributed by atoms with E-state index in [1.54, 1.807) is 0 Å². The molecule has 1 fully saturated rings. The van der Waals surface area contributed by atoms with Gasteiger partial charge in [-0.1, -0.05) is 47.4 Å². The van der Waals surface area contributed by atoms with Gasteiger partial charge in [0.15, 0.2) is 0 Å². The fraction of sp³-hybridized carbons (Fsp3) is 0.200. The Bertz CT molecular complexity index is 1940. The Morgan fingerprint density at radius 3 is 2.13 bits per heavy atom. The topological polar surface area (TPSA) is 109 Å². The maximum atomic E-state index is 13.9. The molecular weight excluding hydrogens is 660 g/mol. The van der Waals surface area contributed by atoms with Gasteiger partial charge in [0, 0.05) is 16.5 Å². The third-order valence-electron chi connectivity index (χ3n) is 7.51. The third-order valence-corrected chi connectivity index (χ3v) is 10.1. The summed E-state index contributed by atoms with van der Waals surface area (Å²) in [5.41, 5.74) is -2.10. The van der Waals surface area contributed by atoms with Crippen LogP contribution in [-0.4, -0.2) is 32.6 Å². The van der Waals surface area contributed by atoms with E-state index < -0.39 is 69.7 Å². The Labute approximate surface area is 263 Å². The molecule has 3 unspecified atom stereocenters.